The van der Waals surface area contributed by atoms with Crippen LogP contribution in [0.25, 0.3) is 0 Å². The third-order valence-corrected chi connectivity index (χ3v) is 4.73. The molecule has 22 heavy (non-hydrogen) atoms. The molecule has 1 amide bonds. The monoisotopic (exact) mass is 323 g/mol. The molecule has 1 aromatic carbocycles. The number of nitrogens with one attached hydrogen (secondary N) is 1. The van der Waals surface area contributed by atoms with Gasteiger partial charge in [-0.3, -0.25) is 9.59 Å². The highest BCUT2D eigenvalue weighted by atomic mass is 32.2. The molecule has 5 heteroatoms. The zero-order valence-corrected chi connectivity index (χ0v) is 14.3. The minimum absolute atomic E-state index is 0.101. The topological polar surface area (TPSA) is 66.4 Å². The Morgan fingerprint density at radius 1 is 1.32 bits per heavy atom. The van der Waals surface area contributed by atoms with Crippen molar-refractivity contribution in [1.29, 1.82) is 0 Å². The summed E-state index contributed by atoms with van der Waals surface area (Å²) in [6, 6.07) is 7.08. The molecule has 0 aliphatic carbocycles. The van der Waals surface area contributed by atoms with E-state index in [0.717, 1.165) is 29.7 Å². The van der Waals surface area contributed by atoms with Crippen molar-refractivity contribution in [2.24, 2.45) is 0 Å². The van der Waals surface area contributed by atoms with Crippen molar-refractivity contribution < 1.29 is 14.7 Å². The second-order valence-electron chi connectivity index (χ2n) is 5.38. The van der Waals surface area contributed by atoms with Gasteiger partial charge in [-0.25, -0.2) is 0 Å². The predicted octanol–water partition coefficient (Wildman–Crippen LogP) is 3.55. The third kappa shape index (κ3) is 6.10. The number of aliphatic carboxylic acids is 1. The molecular weight excluding hydrogens is 298 g/mol. The van der Waals surface area contributed by atoms with Gasteiger partial charge in [-0.2, -0.15) is 0 Å². The number of unbranched alkanes of at least 4 members (excludes halogenated alkanes) is 1. The number of thioether (sulfide) groups is 1. The van der Waals surface area contributed by atoms with Crippen molar-refractivity contribution in [1.82, 2.24) is 5.32 Å². The first-order valence-electron chi connectivity index (χ1n) is 7.65. The van der Waals surface area contributed by atoms with E-state index < -0.39 is 12.0 Å². The van der Waals surface area contributed by atoms with Gasteiger partial charge in [-0.1, -0.05) is 37.6 Å². The Balaban J connectivity index is 2.75. The smallest absolute Gasteiger partial charge is 0.305 e. The standard InChI is InChI=1S/C17H25NO3S/c1-4-5-10-22-13(3)17(21)18-15(11-16(19)20)14-9-7-6-8-12(14)2/h6-9,13,15H,4-5,10-11H2,1-3H3,(H,18,21)(H,19,20). The molecule has 0 fully saturated rings. The molecule has 122 valence electrons. The maximum absolute atomic E-state index is 12.3. The van der Waals surface area contributed by atoms with Crippen LogP contribution in [-0.2, 0) is 9.59 Å². The van der Waals surface area contributed by atoms with E-state index >= 15 is 0 Å². The number of amides is 1. The van der Waals surface area contributed by atoms with Crippen LogP contribution in [0.1, 0.15) is 50.3 Å². The van der Waals surface area contributed by atoms with Crippen molar-refractivity contribution in [3.63, 3.8) is 0 Å². The molecular formula is C17H25NO3S. The summed E-state index contributed by atoms with van der Waals surface area (Å²) in [5.74, 6) is -0.0746. The van der Waals surface area contributed by atoms with Gasteiger partial charge in [0.15, 0.2) is 0 Å². The summed E-state index contributed by atoms with van der Waals surface area (Å²) < 4.78 is 0. The highest BCUT2D eigenvalue weighted by Crippen LogP contribution is 2.22. The SMILES string of the molecule is CCCCSC(C)C(=O)NC(CC(=O)O)c1ccccc1C. The second-order valence-corrected chi connectivity index (χ2v) is 6.83. The van der Waals surface area contributed by atoms with Gasteiger partial charge in [0, 0.05) is 0 Å². The van der Waals surface area contributed by atoms with Crippen molar-refractivity contribution in [3.05, 3.63) is 35.4 Å². The van der Waals surface area contributed by atoms with E-state index in [1.54, 1.807) is 11.8 Å². The van der Waals surface area contributed by atoms with Crippen LogP contribution in [0.5, 0.6) is 0 Å². The van der Waals surface area contributed by atoms with E-state index in [1.165, 1.54) is 0 Å². The third-order valence-electron chi connectivity index (χ3n) is 3.49. The highest BCUT2D eigenvalue weighted by molar-refractivity contribution is 8.00. The fourth-order valence-corrected chi connectivity index (χ4v) is 3.19. The fraction of sp³-hybridized carbons (Fsp3) is 0.529. The minimum atomic E-state index is -0.917. The molecule has 0 spiro atoms. The number of carbonyl (C=O) groups is 2. The van der Waals surface area contributed by atoms with E-state index in [4.69, 9.17) is 5.11 Å². The lowest BCUT2D eigenvalue weighted by molar-refractivity contribution is -0.137. The fourth-order valence-electron chi connectivity index (χ4n) is 2.16. The number of hydrogen-bond acceptors (Lipinski definition) is 3. The van der Waals surface area contributed by atoms with E-state index in [9.17, 15) is 9.59 Å². The average Bonchev–Trinajstić information content (AvgIpc) is 2.46. The molecule has 0 aliphatic rings. The first kappa shape index (κ1) is 18.6. The molecule has 0 aliphatic heterocycles. The zero-order chi connectivity index (χ0) is 16.5. The molecule has 4 nitrogen and oxygen atoms in total. The summed E-state index contributed by atoms with van der Waals surface area (Å²) >= 11 is 1.61. The van der Waals surface area contributed by atoms with Crippen molar-refractivity contribution >= 4 is 23.6 Å². The first-order valence-corrected chi connectivity index (χ1v) is 8.69. The average molecular weight is 323 g/mol. The summed E-state index contributed by atoms with van der Waals surface area (Å²) in [6.07, 6.45) is 2.08. The number of benzene rings is 1. The molecule has 0 heterocycles. The van der Waals surface area contributed by atoms with Crippen LogP contribution in [0.3, 0.4) is 0 Å². The van der Waals surface area contributed by atoms with Crippen molar-refractivity contribution in [2.45, 2.75) is 51.3 Å². The van der Waals surface area contributed by atoms with Gasteiger partial charge in [-0.15, -0.1) is 11.8 Å². The summed E-state index contributed by atoms with van der Waals surface area (Å²) in [7, 11) is 0. The number of carbonyl (C=O) groups excluding carboxylic acids is 1. The van der Waals surface area contributed by atoms with Crippen LogP contribution in [0, 0.1) is 6.92 Å². The van der Waals surface area contributed by atoms with Gasteiger partial charge in [0.2, 0.25) is 5.91 Å². The molecule has 1 rings (SSSR count). The number of rotatable bonds is 9. The van der Waals surface area contributed by atoms with E-state index in [1.807, 2.05) is 38.1 Å². The quantitative estimate of drug-likeness (QED) is 0.682. The van der Waals surface area contributed by atoms with Crippen molar-refractivity contribution in [2.75, 3.05) is 5.75 Å². The number of hydrogen-bond donors (Lipinski definition) is 2. The van der Waals surface area contributed by atoms with Crippen LogP contribution in [0.2, 0.25) is 0 Å². The summed E-state index contributed by atoms with van der Waals surface area (Å²) in [4.78, 5) is 23.4. The Bertz CT molecular complexity index is 504. The van der Waals surface area contributed by atoms with E-state index in [2.05, 4.69) is 12.2 Å². The van der Waals surface area contributed by atoms with Gasteiger partial charge in [0.1, 0.15) is 0 Å². The Morgan fingerprint density at radius 3 is 2.59 bits per heavy atom. The molecule has 2 unspecified atom stereocenters. The maximum atomic E-state index is 12.3. The van der Waals surface area contributed by atoms with Crippen LogP contribution < -0.4 is 5.32 Å². The number of carboxylic acids is 1. The van der Waals surface area contributed by atoms with Crippen LogP contribution in [0.4, 0.5) is 0 Å². The lowest BCUT2D eigenvalue weighted by Gasteiger charge is -2.21. The summed E-state index contributed by atoms with van der Waals surface area (Å²) in [6.45, 7) is 5.91. The molecule has 0 aromatic heterocycles. The zero-order valence-electron chi connectivity index (χ0n) is 13.5. The van der Waals surface area contributed by atoms with Crippen LogP contribution in [0.15, 0.2) is 24.3 Å². The van der Waals surface area contributed by atoms with Crippen LogP contribution in [-0.4, -0.2) is 28.0 Å². The van der Waals surface area contributed by atoms with Crippen LogP contribution >= 0.6 is 11.8 Å². The van der Waals surface area contributed by atoms with Gasteiger partial charge in [0.05, 0.1) is 17.7 Å². The summed E-state index contributed by atoms with van der Waals surface area (Å²) in [5.41, 5.74) is 1.85. The maximum Gasteiger partial charge on any atom is 0.305 e. The molecule has 1 aromatic rings. The Hall–Kier alpha value is -1.49. The molecule has 2 N–H and O–H groups in total. The Labute approximate surface area is 136 Å². The molecule has 0 saturated carbocycles. The number of aryl methyl sites for hydroxylation is 1. The predicted molar refractivity (Wildman–Crippen MR) is 91.1 cm³/mol. The minimum Gasteiger partial charge on any atom is -0.481 e. The van der Waals surface area contributed by atoms with Gasteiger partial charge >= 0.3 is 5.97 Å². The van der Waals surface area contributed by atoms with E-state index in [-0.39, 0.29) is 17.6 Å². The van der Waals surface area contributed by atoms with Crippen molar-refractivity contribution in [3.8, 4) is 0 Å². The first-order chi connectivity index (χ1) is 10.5. The Kier molecular flexibility index (Phi) is 8.02. The molecule has 0 saturated heterocycles. The van der Waals surface area contributed by atoms with Gasteiger partial charge in [-0.05, 0) is 37.1 Å². The van der Waals surface area contributed by atoms with Gasteiger partial charge < -0.3 is 10.4 Å². The molecule has 2 atom stereocenters. The number of carboxylic acid groups (broad SMARTS) is 1. The highest BCUT2D eigenvalue weighted by Gasteiger charge is 2.22. The lowest BCUT2D eigenvalue weighted by Crippen LogP contribution is -2.35. The second kappa shape index (κ2) is 9.51. The summed E-state index contributed by atoms with van der Waals surface area (Å²) in [5, 5.41) is 11.8. The Morgan fingerprint density at radius 2 is 2.00 bits per heavy atom. The van der Waals surface area contributed by atoms with E-state index in [0.29, 0.717) is 0 Å². The molecule has 0 bridgehead atoms. The lowest BCUT2D eigenvalue weighted by atomic mass is 9.98. The van der Waals surface area contributed by atoms with Gasteiger partial charge in [0.25, 0.3) is 0 Å². The normalized spacial score (nSPS) is 13.4. The molecule has 0 radical (unpaired) electrons. The largest absolute Gasteiger partial charge is 0.481 e.